The largest absolute Gasteiger partial charge is 0.458 e. The van der Waals surface area contributed by atoms with Crippen LogP contribution in [0.5, 0.6) is 0 Å². The molecule has 300 valence electrons. The van der Waals surface area contributed by atoms with Gasteiger partial charge in [0.2, 0.25) is 11.8 Å². The Hall–Kier alpha value is -3.24. The summed E-state index contributed by atoms with van der Waals surface area (Å²) in [6, 6.07) is 18.2. The van der Waals surface area contributed by atoms with Crippen molar-refractivity contribution in [1.82, 2.24) is 4.90 Å². The summed E-state index contributed by atoms with van der Waals surface area (Å²) >= 11 is 5.82. The number of allylic oxidation sites excluding steroid dienone is 1. The van der Waals surface area contributed by atoms with Gasteiger partial charge in [0.1, 0.15) is 5.60 Å². The summed E-state index contributed by atoms with van der Waals surface area (Å²) in [5, 5.41) is 12.0. The van der Waals surface area contributed by atoms with Crippen LogP contribution in [0.4, 0.5) is 13.2 Å². The molecule has 6 nitrogen and oxygen atoms in total. The highest BCUT2D eigenvalue weighted by Crippen LogP contribution is 2.48. The van der Waals surface area contributed by atoms with Crippen LogP contribution in [0.15, 0.2) is 72.8 Å². The van der Waals surface area contributed by atoms with Crippen LogP contribution in [0, 0.1) is 11.8 Å². The lowest BCUT2D eigenvalue weighted by Crippen LogP contribution is -2.58. The molecule has 2 aromatic rings. The quantitative estimate of drug-likeness (QED) is 0.0556. The standard InChI is InChI=1S/C44H62F3NO5S/c1-7-8-9-13-22-29-42(46,47)30-23-14-11-10-12-21-28-36(43(51,31-32-45)39(50)52-41(4,5)6)38(49)48-37(33(2)3)44(53-40(48)54,34-24-17-15-18-25-34)35-26-19-16-20-27-35/h15-21,24-28,33,36-37,51H,7-14,22-23,29-32H2,1-6H3/b28-21+/t36-,37+,43+/m1/s1. The number of unbranched alkanes of at least 4 members (excludes halogenated alkanes) is 8. The zero-order valence-electron chi connectivity index (χ0n) is 33.1. The van der Waals surface area contributed by atoms with Crippen LogP contribution in [-0.4, -0.2) is 56.9 Å². The van der Waals surface area contributed by atoms with E-state index in [0.29, 0.717) is 38.5 Å². The summed E-state index contributed by atoms with van der Waals surface area (Å²) in [5.74, 6) is -6.32. The van der Waals surface area contributed by atoms with Crippen LogP contribution in [0.3, 0.4) is 0 Å². The number of ether oxygens (including phenoxy) is 2. The molecule has 0 bridgehead atoms. The third-order valence-electron chi connectivity index (χ3n) is 10.1. The van der Waals surface area contributed by atoms with E-state index in [4.69, 9.17) is 21.7 Å². The molecular weight excluding hydrogens is 712 g/mol. The van der Waals surface area contributed by atoms with Gasteiger partial charge in [-0.25, -0.2) is 13.6 Å². The Morgan fingerprint density at radius 2 is 1.41 bits per heavy atom. The Bertz CT molecular complexity index is 1460. The van der Waals surface area contributed by atoms with Gasteiger partial charge in [-0.1, -0.05) is 132 Å². The van der Waals surface area contributed by atoms with Gasteiger partial charge in [-0.3, -0.25) is 14.1 Å². The second-order valence-corrected chi connectivity index (χ2v) is 16.3. The molecule has 2 aromatic carbocycles. The van der Waals surface area contributed by atoms with Gasteiger partial charge in [-0.15, -0.1) is 0 Å². The molecule has 1 amide bonds. The van der Waals surface area contributed by atoms with Crippen molar-refractivity contribution in [3.8, 4) is 0 Å². The lowest BCUT2D eigenvalue weighted by atomic mass is 9.75. The number of carbonyl (C=O) groups is 2. The molecule has 0 unspecified atom stereocenters. The number of alkyl halides is 3. The first kappa shape index (κ1) is 45.2. The minimum atomic E-state index is -2.66. The highest BCUT2D eigenvalue weighted by Gasteiger charge is 2.60. The first-order valence-corrected chi connectivity index (χ1v) is 20.2. The van der Waals surface area contributed by atoms with Crippen molar-refractivity contribution in [2.75, 3.05) is 6.67 Å². The van der Waals surface area contributed by atoms with E-state index in [9.17, 15) is 27.9 Å². The number of aliphatic hydroxyl groups is 1. The molecule has 1 aliphatic rings. The molecule has 3 atom stereocenters. The Morgan fingerprint density at radius 1 is 0.889 bits per heavy atom. The minimum Gasteiger partial charge on any atom is -0.458 e. The molecule has 1 heterocycles. The summed E-state index contributed by atoms with van der Waals surface area (Å²) in [5.41, 5.74) is -3.31. The van der Waals surface area contributed by atoms with Crippen molar-refractivity contribution in [1.29, 1.82) is 0 Å². The monoisotopic (exact) mass is 773 g/mol. The summed E-state index contributed by atoms with van der Waals surface area (Å²) in [6.45, 7) is 9.78. The maximum Gasteiger partial charge on any atom is 0.339 e. The normalized spacial score (nSPS) is 17.8. The van der Waals surface area contributed by atoms with Crippen molar-refractivity contribution in [3.05, 3.63) is 83.9 Å². The van der Waals surface area contributed by atoms with Gasteiger partial charge in [0.15, 0.2) is 11.2 Å². The summed E-state index contributed by atoms with van der Waals surface area (Å²) in [6.07, 6.45) is 9.57. The van der Waals surface area contributed by atoms with Crippen molar-refractivity contribution < 1.29 is 37.3 Å². The van der Waals surface area contributed by atoms with E-state index >= 15 is 0 Å². The van der Waals surface area contributed by atoms with Gasteiger partial charge in [0, 0.05) is 30.4 Å². The van der Waals surface area contributed by atoms with Crippen LogP contribution in [0.2, 0.25) is 0 Å². The molecule has 54 heavy (non-hydrogen) atoms. The zero-order valence-corrected chi connectivity index (χ0v) is 33.9. The second kappa shape index (κ2) is 20.6. The third kappa shape index (κ3) is 11.9. The molecule has 1 fully saturated rings. The van der Waals surface area contributed by atoms with Crippen molar-refractivity contribution in [2.45, 2.75) is 154 Å². The molecule has 0 aromatic heterocycles. The molecule has 1 N–H and O–H groups in total. The van der Waals surface area contributed by atoms with Gasteiger partial charge in [-0.05, 0) is 64.6 Å². The molecule has 0 spiro atoms. The van der Waals surface area contributed by atoms with Crippen LogP contribution in [0.1, 0.15) is 136 Å². The highest BCUT2D eigenvalue weighted by molar-refractivity contribution is 7.80. The highest BCUT2D eigenvalue weighted by atomic mass is 32.1. The van der Waals surface area contributed by atoms with Crippen molar-refractivity contribution in [2.24, 2.45) is 11.8 Å². The fourth-order valence-corrected chi connectivity index (χ4v) is 7.70. The van der Waals surface area contributed by atoms with Crippen LogP contribution >= 0.6 is 12.2 Å². The maximum absolute atomic E-state index is 15.0. The number of amides is 1. The van der Waals surface area contributed by atoms with Crippen LogP contribution in [0.25, 0.3) is 0 Å². The second-order valence-electron chi connectivity index (χ2n) is 16.0. The van der Waals surface area contributed by atoms with Crippen molar-refractivity contribution in [3.63, 3.8) is 0 Å². The van der Waals surface area contributed by atoms with Gasteiger partial charge in [0.25, 0.3) is 5.17 Å². The minimum absolute atomic E-state index is 0.0741. The molecule has 1 aliphatic heterocycles. The van der Waals surface area contributed by atoms with Crippen molar-refractivity contribution >= 4 is 29.3 Å². The number of thiocarbonyl (C=S) groups is 1. The van der Waals surface area contributed by atoms with Gasteiger partial charge in [0.05, 0.1) is 18.6 Å². The smallest absolute Gasteiger partial charge is 0.339 e. The fraction of sp³-hybridized carbons (Fsp3) is 0.614. The number of esters is 1. The number of hydrogen-bond acceptors (Lipinski definition) is 6. The zero-order chi connectivity index (χ0) is 40.0. The third-order valence-corrected chi connectivity index (χ3v) is 10.3. The van der Waals surface area contributed by atoms with E-state index in [2.05, 4.69) is 6.92 Å². The van der Waals surface area contributed by atoms with E-state index in [-0.39, 0.29) is 23.9 Å². The van der Waals surface area contributed by atoms with Crippen LogP contribution < -0.4 is 0 Å². The van der Waals surface area contributed by atoms with Gasteiger partial charge in [-0.2, -0.15) is 0 Å². The summed E-state index contributed by atoms with van der Waals surface area (Å²) in [4.78, 5) is 30.1. The predicted molar refractivity (Wildman–Crippen MR) is 213 cm³/mol. The van der Waals surface area contributed by atoms with E-state index in [0.717, 1.165) is 36.8 Å². The lowest BCUT2D eigenvalue weighted by Gasteiger charge is -2.40. The first-order chi connectivity index (χ1) is 25.5. The number of nitrogens with zero attached hydrogens (tertiary/aromatic N) is 1. The van der Waals surface area contributed by atoms with Crippen LogP contribution in [-0.2, 0) is 24.7 Å². The first-order valence-electron chi connectivity index (χ1n) is 19.8. The molecular formula is C44H62F3NO5S. The topological polar surface area (TPSA) is 76.1 Å². The molecule has 10 heteroatoms. The lowest BCUT2D eigenvalue weighted by molar-refractivity contribution is -0.185. The van der Waals surface area contributed by atoms with E-state index in [1.54, 1.807) is 26.8 Å². The number of carbonyl (C=O) groups excluding carboxylic acids is 2. The van der Waals surface area contributed by atoms with Gasteiger partial charge >= 0.3 is 5.97 Å². The Labute approximate surface area is 326 Å². The maximum atomic E-state index is 15.0. The SMILES string of the molecule is CCCCCCCC(F)(F)CCCCCC/C=C/[C@H](C(=O)N1C(=S)OC(c2ccccc2)(c2ccccc2)[C@@H]1C(C)C)[C@@](O)(CCF)C(=O)OC(C)(C)C. The van der Waals surface area contributed by atoms with E-state index in [1.165, 1.54) is 11.0 Å². The fourth-order valence-electron chi connectivity index (χ4n) is 7.37. The average molecular weight is 774 g/mol. The molecule has 0 radical (unpaired) electrons. The molecule has 3 rings (SSSR count). The number of hydrogen-bond donors (Lipinski definition) is 1. The number of rotatable bonds is 22. The Morgan fingerprint density at radius 3 is 1.89 bits per heavy atom. The summed E-state index contributed by atoms with van der Waals surface area (Å²) < 4.78 is 55.3. The van der Waals surface area contributed by atoms with E-state index < -0.39 is 59.7 Å². The van der Waals surface area contributed by atoms with Gasteiger partial charge < -0.3 is 14.6 Å². The molecule has 1 saturated heterocycles. The Balaban J connectivity index is 1.90. The molecule has 0 saturated carbocycles. The number of benzene rings is 2. The Kier molecular flexibility index (Phi) is 17.2. The molecule has 0 aliphatic carbocycles. The predicted octanol–water partition coefficient (Wildman–Crippen LogP) is 11.0. The summed E-state index contributed by atoms with van der Waals surface area (Å²) in [7, 11) is 0. The average Bonchev–Trinajstić information content (AvgIpc) is 3.44. The van der Waals surface area contributed by atoms with E-state index in [1.807, 2.05) is 74.5 Å². The number of halogens is 3.